The Bertz CT molecular complexity index is 998. The standard InChI is InChI=1S/C23H20ClNO3S/c24-18-8-5-7-17(13-18)22-25(21(15-29-22)23(26)27)14-16-6-4-11-20(12-16)28-19-9-2-1-3-10-19/h1-13,21-22H,14-15H2,(H,26,27). The van der Waals surface area contributed by atoms with Gasteiger partial charge in [-0.05, 0) is 47.5 Å². The van der Waals surface area contributed by atoms with E-state index in [4.69, 9.17) is 16.3 Å². The minimum Gasteiger partial charge on any atom is -0.480 e. The molecule has 4 nitrogen and oxygen atoms in total. The first-order valence-corrected chi connectivity index (χ1v) is 10.7. The lowest BCUT2D eigenvalue weighted by molar-refractivity contribution is -0.142. The topological polar surface area (TPSA) is 49.8 Å². The minimum atomic E-state index is -0.807. The van der Waals surface area contributed by atoms with Crippen molar-refractivity contribution in [1.82, 2.24) is 4.90 Å². The molecule has 0 radical (unpaired) electrons. The lowest BCUT2D eigenvalue weighted by atomic mass is 10.1. The van der Waals surface area contributed by atoms with Crippen molar-refractivity contribution in [1.29, 1.82) is 0 Å². The molecule has 1 N–H and O–H groups in total. The molecule has 0 aromatic heterocycles. The number of carboxylic acids is 1. The van der Waals surface area contributed by atoms with E-state index < -0.39 is 12.0 Å². The van der Waals surface area contributed by atoms with Gasteiger partial charge in [0.2, 0.25) is 0 Å². The fourth-order valence-electron chi connectivity index (χ4n) is 3.43. The number of ether oxygens (including phenoxy) is 1. The molecule has 4 rings (SSSR count). The first-order chi connectivity index (χ1) is 14.1. The summed E-state index contributed by atoms with van der Waals surface area (Å²) in [5.74, 6) is 1.22. The molecule has 0 spiro atoms. The number of benzene rings is 3. The van der Waals surface area contributed by atoms with E-state index in [2.05, 4.69) is 0 Å². The molecule has 1 saturated heterocycles. The van der Waals surface area contributed by atoms with Crippen LogP contribution >= 0.6 is 23.4 Å². The van der Waals surface area contributed by atoms with E-state index in [1.54, 1.807) is 11.8 Å². The van der Waals surface area contributed by atoms with E-state index in [1.165, 1.54) is 0 Å². The lowest BCUT2D eigenvalue weighted by Gasteiger charge is -2.27. The number of carbonyl (C=O) groups is 1. The van der Waals surface area contributed by atoms with Gasteiger partial charge in [-0.25, -0.2) is 0 Å². The van der Waals surface area contributed by atoms with Crippen molar-refractivity contribution in [2.24, 2.45) is 0 Å². The van der Waals surface area contributed by atoms with E-state index >= 15 is 0 Å². The summed E-state index contributed by atoms with van der Waals surface area (Å²) in [5, 5.41) is 10.3. The second-order valence-electron chi connectivity index (χ2n) is 6.83. The Balaban J connectivity index is 1.58. The molecule has 148 valence electrons. The molecule has 2 unspecified atom stereocenters. The zero-order chi connectivity index (χ0) is 20.2. The van der Waals surface area contributed by atoms with Gasteiger partial charge in [0.15, 0.2) is 0 Å². The number of hydrogen-bond acceptors (Lipinski definition) is 4. The highest BCUT2D eigenvalue weighted by molar-refractivity contribution is 7.99. The number of aliphatic carboxylic acids is 1. The van der Waals surface area contributed by atoms with Crippen LogP contribution in [-0.2, 0) is 11.3 Å². The molecule has 29 heavy (non-hydrogen) atoms. The molecule has 0 saturated carbocycles. The monoisotopic (exact) mass is 425 g/mol. The number of hydrogen-bond donors (Lipinski definition) is 1. The van der Waals surface area contributed by atoms with E-state index in [0.29, 0.717) is 17.3 Å². The van der Waals surface area contributed by atoms with Crippen LogP contribution in [0.1, 0.15) is 16.5 Å². The average molecular weight is 426 g/mol. The number of thioether (sulfide) groups is 1. The van der Waals surface area contributed by atoms with Gasteiger partial charge in [0.05, 0.1) is 5.37 Å². The zero-order valence-corrected chi connectivity index (χ0v) is 17.1. The molecule has 1 aliphatic rings. The number of para-hydroxylation sites is 1. The van der Waals surface area contributed by atoms with Crippen LogP contribution in [0.4, 0.5) is 0 Å². The minimum absolute atomic E-state index is 0.0616. The molecule has 6 heteroatoms. The van der Waals surface area contributed by atoms with Crippen LogP contribution in [0.3, 0.4) is 0 Å². The van der Waals surface area contributed by atoms with Crippen molar-refractivity contribution in [2.75, 3.05) is 5.75 Å². The zero-order valence-electron chi connectivity index (χ0n) is 15.6. The SMILES string of the molecule is O=C(O)C1CSC(c2cccc(Cl)c2)N1Cc1cccc(Oc2ccccc2)c1. The molecule has 1 aliphatic heterocycles. The first kappa shape index (κ1) is 19.8. The summed E-state index contributed by atoms with van der Waals surface area (Å²) >= 11 is 7.80. The van der Waals surface area contributed by atoms with Gasteiger partial charge >= 0.3 is 5.97 Å². The van der Waals surface area contributed by atoms with Gasteiger partial charge in [0.25, 0.3) is 0 Å². The largest absolute Gasteiger partial charge is 0.480 e. The highest BCUT2D eigenvalue weighted by Crippen LogP contribution is 2.43. The fraction of sp³-hybridized carbons (Fsp3) is 0.174. The third-order valence-electron chi connectivity index (χ3n) is 4.77. The normalized spacial score (nSPS) is 19.2. The Morgan fingerprint density at radius 1 is 1.03 bits per heavy atom. The number of halogens is 1. The van der Waals surface area contributed by atoms with Crippen molar-refractivity contribution in [3.05, 3.63) is 95.0 Å². The molecule has 1 heterocycles. The number of rotatable bonds is 6. The van der Waals surface area contributed by atoms with E-state index in [1.807, 2.05) is 83.8 Å². The molecule has 2 atom stereocenters. The molecule has 1 fully saturated rings. The van der Waals surface area contributed by atoms with Gasteiger partial charge in [-0.15, -0.1) is 11.8 Å². The maximum atomic E-state index is 11.8. The molecule has 0 aliphatic carbocycles. The summed E-state index contributed by atoms with van der Waals surface area (Å²) < 4.78 is 5.93. The maximum absolute atomic E-state index is 11.8. The van der Waals surface area contributed by atoms with Gasteiger partial charge in [0.1, 0.15) is 17.5 Å². The second kappa shape index (κ2) is 8.91. The first-order valence-electron chi connectivity index (χ1n) is 9.27. The van der Waals surface area contributed by atoms with Crippen LogP contribution < -0.4 is 4.74 Å². The van der Waals surface area contributed by atoms with Crippen LogP contribution in [0.2, 0.25) is 5.02 Å². The highest BCUT2D eigenvalue weighted by Gasteiger charge is 2.39. The summed E-state index contributed by atoms with van der Waals surface area (Å²) in [6, 6.07) is 24.5. The van der Waals surface area contributed by atoms with Crippen LogP contribution in [0.25, 0.3) is 0 Å². The second-order valence-corrected chi connectivity index (χ2v) is 8.38. The molecule has 3 aromatic carbocycles. The van der Waals surface area contributed by atoms with Gasteiger partial charge < -0.3 is 9.84 Å². The number of carboxylic acid groups (broad SMARTS) is 1. The fourth-order valence-corrected chi connectivity index (χ4v) is 5.08. The summed E-state index contributed by atoms with van der Waals surface area (Å²) in [6.07, 6.45) is 0. The van der Waals surface area contributed by atoms with E-state index in [9.17, 15) is 9.90 Å². The summed E-state index contributed by atoms with van der Waals surface area (Å²) in [7, 11) is 0. The van der Waals surface area contributed by atoms with Crippen molar-refractivity contribution in [2.45, 2.75) is 18.0 Å². The van der Waals surface area contributed by atoms with Crippen molar-refractivity contribution < 1.29 is 14.6 Å². The predicted molar refractivity (Wildman–Crippen MR) is 117 cm³/mol. The Hall–Kier alpha value is -2.47. The molecular formula is C23H20ClNO3S. The summed E-state index contributed by atoms with van der Waals surface area (Å²) in [5.41, 5.74) is 2.02. The average Bonchev–Trinajstić information content (AvgIpc) is 3.13. The maximum Gasteiger partial charge on any atom is 0.321 e. The Morgan fingerprint density at radius 2 is 1.79 bits per heavy atom. The van der Waals surface area contributed by atoms with Crippen LogP contribution in [0.5, 0.6) is 11.5 Å². The Morgan fingerprint density at radius 3 is 2.55 bits per heavy atom. The quantitative estimate of drug-likeness (QED) is 0.538. The summed E-state index contributed by atoms with van der Waals surface area (Å²) in [4.78, 5) is 13.9. The third-order valence-corrected chi connectivity index (χ3v) is 6.38. The van der Waals surface area contributed by atoms with Crippen molar-refractivity contribution in [3.63, 3.8) is 0 Å². The number of nitrogens with zero attached hydrogens (tertiary/aromatic N) is 1. The molecular weight excluding hydrogens is 406 g/mol. The smallest absolute Gasteiger partial charge is 0.321 e. The van der Waals surface area contributed by atoms with E-state index in [0.717, 1.165) is 22.6 Å². The van der Waals surface area contributed by atoms with Gasteiger partial charge in [-0.1, -0.05) is 54.1 Å². The van der Waals surface area contributed by atoms with Crippen LogP contribution in [0.15, 0.2) is 78.9 Å². The molecule has 3 aromatic rings. The van der Waals surface area contributed by atoms with Gasteiger partial charge in [-0.2, -0.15) is 0 Å². The van der Waals surface area contributed by atoms with Gasteiger partial charge in [0, 0.05) is 17.3 Å². The van der Waals surface area contributed by atoms with E-state index in [-0.39, 0.29) is 5.37 Å². The third kappa shape index (κ3) is 4.75. The lowest BCUT2D eigenvalue weighted by Crippen LogP contribution is -2.38. The van der Waals surface area contributed by atoms with Crippen LogP contribution in [-0.4, -0.2) is 27.8 Å². The van der Waals surface area contributed by atoms with Crippen LogP contribution in [0, 0.1) is 0 Å². The Kier molecular flexibility index (Phi) is 6.09. The van der Waals surface area contributed by atoms with Crippen molar-refractivity contribution in [3.8, 4) is 11.5 Å². The van der Waals surface area contributed by atoms with Gasteiger partial charge in [-0.3, -0.25) is 9.69 Å². The Labute approximate surface area is 179 Å². The van der Waals surface area contributed by atoms with Crippen molar-refractivity contribution >= 4 is 29.3 Å². The predicted octanol–water partition coefficient (Wildman–Crippen LogP) is 5.83. The highest BCUT2D eigenvalue weighted by atomic mass is 35.5. The summed E-state index contributed by atoms with van der Waals surface area (Å²) in [6.45, 7) is 0.507. The molecule has 0 amide bonds. The molecule has 0 bridgehead atoms.